The molecule has 1 aromatic heterocycles. The van der Waals surface area contributed by atoms with Crippen molar-refractivity contribution in [2.75, 3.05) is 11.9 Å². The second-order valence-electron chi connectivity index (χ2n) is 5.37. The number of hydrogen-bond donors (Lipinski definition) is 0. The molecular formula is C18H17ClN4O. The summed E-state index contributed by atoms with van der Waals surface area (Å²) in [6, 6.07) is 15.0. The quantitative estimate of drug-likeness (QED) is 0.726. The molecule has 2 aromatic carbocycles. The van der Waals surface area contributed by atoms with Gasteiger partial charge in [-0.2, -0.15) is 0 Å². The molecule has 0 spiro atoms. The second-order valence-corrected chi connectivity index (χ2v) is 5.81. The SMILES string of the molecule is CCc1ccc(-n2cnc(C(=O)N(C)c3ccc(Cl)cc3)n2)cc1. The highest BCUT2D eigenvalue weighted by Crippen LogP contribution is 2.18. The van der Waals surface area contributed by atoms with Crippen LogP contribution in [-0.4, -0.2) is 27.7 Å². The fourth-order valence-electron chi connectivity index (χ4n) is 2.30. The van der Waals surface area contributed by atoms with Crippen LogP contribution in [0.25, 0.3) is 5.69 Å². The first-order valence-electron chi connectivity index (χ1n) is 7.63. The lowest BCUT2D eigenvalue weighted by atomic mass is 10.1. The van der Waals surface area contributed by atoms with Gasteiger partial charge in [-0.25, -0.2) is 9.67 Å². The van der Waals surface area contributed by atoms with Crippen molar-refractivity contribution >= 4 is 23.2 Å². The monoisotopic (exact) mass is 340 g/mol. The number of nitrogens with zero attached hydrogens (tertiary/aromatic N) is 4. The molecule has 0 saturated carbocycles. The highest BCUT2D eigenvalue weighted by atomic mass is 35.5. The van der Waals surface area contributed by atoms with Gasteiger partial charge in [-0.1, -0.05) is 30.7 Å². The first-order chi connectivity index (χ1) is 11.6. The van der Waals surface area contributed by atoms with Gasteiger partial charge in [0.05, 0.1) is 5.69 Å². The van der Waals surface area contributed by atoms with Crippen LogP contribution in [0.5, 0.6) is 0 Å². The summed E-state index contributed by atoms with van der Waals surface area (Å²) in [5.74, 6) is -0.131. The summed E-state index contributed by atoms with van der Waals surface area (Å²) in [5, 5.41) is 4.91. The minimum Gasteiger partial charge on any atom is -0.309 e. The minimum atomic E-state index is -0.277. The van der Waals surface area contributed by atoms with Gasteiger partial charge in [0, 0.05) is 17.8 Å². The lowest BCUT2D eigenvalue weighted by Gasteiger charge is -2.15. The van der Waals surface area contributed by atoms with Gasteiger partial charge in [0.2, 0.25) is 5.82 Å². The molecule has 6 heteroatoms. The lowest BCUT2D eigenvalue weighted by Crippen LogP contribution is -2.27. The summed E-state index contributed by atoms with van der Waals surface area (Å²) in [4.78, 5) is 18.2. The third kappa shape index (κ3) is 3.31. The molecule has 3 rings (SSSR count). The zero-order valence-corrected chi connectivity index (χ0v) is 14.2. The number of aromatic nitrogens is 3. The first kappa shape index (κ1) is 16.2. The number of rotatable bonds is 4. The number of carbonyl (C=O) groups excluding carboxylic acids is 1. The molecule has 0 aliphatic carbocycles. The van der Waals surface area contributed by atoms with Crippen LogP contribution in [0, 0.1) is 0 Å². The van der Waals surface area contributed by atoms with Gasteiger partial charge in [-0.05, 0) is 48.4 Å². The number of halogens is 1. The normalized spacial score (nSPS) is 10.6. The van der Waals surface area contributed by atoms with Crippen LogP contribution in [0.1, 0.15) is 23.1 Å². The van der Waals surface area contributed by atoms with E-state index in [0.717, 1.165) is 17.8 Å². The van der Waals surface area contributed by atoms with Crippen molar-refractivity contribution in [2.45, 2.75) is 13.3 Å². The van der Waals surface area contributed by atoms with E-state index in [1.807, 2.05) is 24.3 Å². The van der Waals surface area contributed by atoms with E-state index in [0.29, 0.717) is 5.02 Å². The van der Waals surface area contributed by atoms with E-state index in [1.54, 1.807) is 42.3 Å². The lowest BCUT2D eigenvalue weighted by molar-refractivity contribution is 0.0983. The molecule has 24 heavy (non-hydrogen) atoms. The summed E-state index contributed by atoms with van der Waals surface area (Å²) < 4.78 is 1.60. The van der Waals surface area contributed by atoms with Crippen molar-refractivity contribution in [3.63, 3.8) is 0 Å². The van der Waals surface area contributed by atoms with E-state index in [4.69, 9.17) is 11.6 Å². The summed E-state index contributed by atoms with van der Waals surface area (Å²) in [6.45, 7) is 2.11. The summed E-state index contributed by atoms with van der Waals surface area (Å²) >= 11 is 5.87. The van der Waals surface area contributed by atoms with Gasteiger partial charge >= 0.3 is 0 Å². The van der Waals surface area contributed by atoms with Crippen LogP contribution in [0.2, 0.25) is 5.02 Å². The fraction of sp³-hybridized carbons (Fsp3) is 0.167. The maximum atomic E-state index is 12.5. The number of aryl methyl sites for hydroxylation is 1. The fourth-order valence-corrected chi connectivity index (χ4v) is 2.43. The Morgan fingerprint density at radius 2 is 1.79 bits per heavy atom. The van der Waals surface area contributed by atoms with Crippen LogP contribution in [0.4, 0.5) is 5.69 Å². The molecule has 3 aromatic rings. The Morgan fingerprint density at radius 1 is 1.12 bits per heavy atom. The van der Waals surface area contributed by atoms with Gasteiger partial charge in [0.25, 0.3) is 5.91 Å². The highest BCUT2D eigenvalue weighted by Gasteiger charge is 2.18. The molecule has 0 N–H and O–H groups in total. The molecular weight excluding hydrogens is 324 g/mol. The zero-order valence-electron chi connectivity index (χ0n) is 13.5. The van der Waals surface area contributed by atoms with E-state index in [1.165, 1.54) is 10.5 Å². The Labute approximate surface area is 145 Å². The average Bonchev–Trinajstić information content (AvgIpc) is 3.11. The van der Waals surface area contributed by atoms with Crippen molar-refractivity contribution < 1.29 is 4.79 Å². The molecule has 5 nitrogen and oxygen atoms in total. The average molecular weight is 341 g/mol. The Balaban J connectivity index is 1.81. The number of benzene rings is 2. The van der Waals surface area contributed by atoms with Crippen LogP contribution >= 0.6 is 11.6 Å². The van der Waals surface area contributed by atoms with Crippen molar-refractivity contribution in [2.24, 2.45) is 0 Å². The largest absolute Gasteiger partial charge is 0.309 e. The van der Waals surface area contributed by atoms with Crippen molar-refractivity contribution in [3.8, 4) is 5.69 Å². The van der Waals surface area contributed by atoms with E-state index in [9.17, 15) is 4.79 Å². The number of carbonyl (C=O) groups is 1. The van der Waals surface area contributed by atoms with E-state index >= 15 is 0 Å². The summed E-state index contributed by atoms with van der Waals surface area (Å²) in [6.07, 6.45) is 2.52. The van der Waals surface area contributed by atoms with Gasteiger partial charge in [-0.15, -0.1) is 5.10 Å². The summed E-state index contributed by atoms with van der Waals surface area (Å²) in [5.41, 5.74) is 2.85. The van der Waals surface area contributed by atoms with Crippen molar-refractivity contribution in [1.29, 1.82) is 0 Å². The van der Waals surface area contributed by atoms with Gasteiger partial charge in [-0.3, -0.25) is 4.79 Å². The van der Waals surface area contributed by atoms with Crippen LogP contribution in [0.3, 0.4) is 0 Å². The van der Waals surface area contributed by atoms with Gasteiger partial charge in [0.15, 0.2) is 0 Å². The number of amides is 1. The third-order valence-electron chi connectivity index (χ3n) is 3.81. The molecule has 0 unspecified atom stereocenters. The standard InChI is InChI=1S/C18H17ClN4O/c1-3-13-4-8-16(9-5-13)23-12-20-17(21-23)18(24)22(2)15-10-6-14(19)7-11-15/h4-12H,3H2,1-2H3. The molecule has 0 fully saturated rings. The van der Waals surface area contributed by atoms with Crippen LogP contribution in [0.15, 0.2) is 54.9 Å². The van der Waals surface area contributed by atoms with Gasteiger partial charge < -0.3 is 4.90 Å². The third-order valence-corrected chi connectivity index (χ3v) is 4.06. The van der Waals surface area contributed by atoms with E-state index in [2.05, 4.69) is 17.0 Å². The maximum Gasteiger partial charge on any atom is 0.297 e. The van der Waals surface area contributed by atoms with E-state index in [-0.39, 0.29) is 11.7 Å². The Kier molecular flexibility index (Phi) is 4.62. The predicted molar refractivity (Wildman–Crippen MR) is 94.9 cm³/mol. The van der Waals surface area contributed by atoms with Crippen molar-refractivity contribution in [1.82, 2.24) is 14.8 Å². The molecule has 0 bridgehead atoms. The predicted octanol–water partition coefficient (Wildman–Crippen LogP) is 3.76. The molecule has 0 saturated heterocycles. The first-order valence-corrected chi connectivity index (χ1v) is 8.01. The maximum absolute atomic E-state index is 12.5. The Bertz CT molecular complexity index is 840. The summed E-state index contributed by atoms with van der Waals surface area (Å²) in [7, 11) is 1.68. The molecule has 0 radical (unpaired) electrons. The smallest absolute Gasteiger partial charge is 0.297 e. The van der Waals surface area contributed by atoms with Crippen molar-refractivity contribution in [3.05, 3.63) is 71.3 Å². The second kappa shape index (κ2) is 6.84. The molecule has 0 atom stereocenters. The Hall–Kier alpha value is -2.66. The number of hydrogen-bond acceptors (Lipinski definition) is 3. The molecule has 122 valence electrons. The van der Waals surface area contributed by atoms with Crippen LogP contribution in [-0.2, 0) is 6.42 Å². The number of anilines is 1. The molecule has 1 amide bonds. The van der Waals surface area contributed by atoms with E-state index < -0.39 is 0 Å². The Morgan fingerprint density at radius 3 is 2.42 bits per heavy atom. The molecule has 0 aliphatic rings. The van der Waals surface area contributed by atoms with Crippen LogP contribution < -0.4 is 4.90 Å². The molecule has 1 heterocycles. The minimum absolute atomic E-state index is 0.145. The highest BCUT2D eigenvalue weighted by molar-refractivity contribution is 6.30. The van der Waals surface area contributed by atoms with Gasteiger partial charge in [0.1, 0.15) is 6.33 Å². The topological polar surface area (TPSA) is 51.0 Å². The molecule has 0 aliphatic heterocycles. The zero-order chi connectivity index (χ0) is 17.1.